The van der Waals surface area contributed by atoms with E-state index in [4.69, 9.17) is 11.6 Å². The Labute approximate surface area is 112 Å². The lowest BCUT2D eigenvalue weighted by Crippen LogP contribution is -2.47. The number of hydrogen-bond donors (Lipinski definition) is 0. The summed E-state index contributed by atoms with van der Waals surface area (Å²) in [6.45, 7) is 5.20. The second-order valence-corrected chi connectivity index (χ2v) is 5.71. The molecule has 1 aromatic rings. The van der Waals surface area contributed by atoms with E-state index in [1.54, 1.807) is 0 Å². The zero-order valence-electron chi connectivity index (χ0n) is 10.8. The molecule has 6 heteroatoms. The quantitative estimate of drug-likeness (QED) is 0.769. The lowest BCUT2D eigenvalue weighted by Gasteiger charge is -2.36. The van der Waals surface area contributed by atoms with Crippen LogP contribution in [-0.2, 0) is 0 Å². The van der Waals surface area contributed by atoms with Crippen LogP contribution >= 0.6 is 11.6 Å². The first-order valence-corrected chi connectivity index (χ1v) is 6.85. The average molecular weight is 268 g/mol. The number of nitrogens with zero attached hydrogens (tertiary/aromatic N) is 5. The van der Waals surface area contributed by atoms with E-state index in [9.17, 15) is 0 Å². The molecule has 5 nitrogen and oxygen atoms in total. The Morgan fingerprint density at radius 3 is 2.78 bits per heavy atom. The van der Waals surface area contributed by atoms with Crippen molar-refractivity contribution in [2.45, 2.75) is 25.8 Å². The van der Waals surface area contributed by atoms with Crippen LogP contribution in [0.5, 0.6) is 0 Å². The SMILES string of the molecule is Cc1nc(N2CC[C@@H]3CCN(C)C[C@@H]32)nnc1Cl. The molecule has 0 amide bonds. The average Bonchev–Trinajstić information content (AvgIpc) is 2.75. The van der Waals surface area contributed by atoms with E-state index in [0.717, 1.165) is 30.6 Å². The summed E-state index contributed by atoms with van der Waals surface area (Å²) in [6.07, 6.45) is 2.52. The van der Waals surface area contributed by atoms with Gasteiger partial charge in [0, 0.05) is 19.1 Å². The minimum Gasteiger partial charge on any atom is -0.335 e. The van der Waals surface area contributed by atoms with Crippen molar-refractivity contribution in [2.24, 2.45) is 5.92 Å². The number of rotatable bonds is 1. The third-order valence-electron chi connectivity index (χ3n) is 4.12. The molecule has 2 aliphatic rings. The maximum atomic E-state index is 5.89. The number of halogens is 1. The van der Waals surface area contributed by atoms with Gasteiger partial charge in [0.1, 0.15) is 0 Å². The first kappa shape index (κ1) is 12.1. The van der Waals surface area contributed by atoms with E-state index in [0.29, 0.717) is 11.2 Å². The van der Waals surface area contributed by atoms with Gasteiger partial charge in [-0.15, -0.1) is 10.2 Å². The van der Waals surface area contributed by atoms with Gasteiger partial charge in [0.25, 0.3) is 0 Å². The highest BCUT2D eigenvalue weighted by atomic mass is 35.5. The Morgan fingerprint density at radius 2 is 2.00 bits per heavy atom. The fourth-order valence-corrected chi connectivity index (χ4v) is 3.13. The van der Waals surface area contributed by atoms with Gasteiger partial charge in [-0.3, -0.25) is 0 Å². The van der Waals surface area contributed by atoms with Crippen molar-refractivity contribution < 1.29 is 0 Å². The Hall–Kier alpha value is -0.940. The second kappa shape index (κ2) is 4.63. The van der Waals surface area contributed by atoms with E-state index >= 15 is 0 Å². The molecule has 0 N–H and O–H groups in total. The number of likely N-dealkylation sites (tertiary alicyclic amines) is 1. The Kier molecular flexibility index (Phi) is 3.11. The maximum absolute atomic E-state index is 5.89. The Balaban J connectivity index is 1.85. The van der Waals surface area contributed by atoms with Crippen LogP contribution in [0.1, 0.15) is 18.5 Å². The van der Waals surface area contributed by atoms with Gasteiger partial charge < -0.3 is 9.80 Å². The van der Waals surface area contributed by atoms with Crippen LogP contribution in [-0.4, -0.2) is 52.8 Å². The number of piperidine rings is 1. The minimum absolute atomic E-state index is 0.398. The van der Waals surface area contributed by atoms with Crippen molar-refractivity contribution in [1.82, 2.24) is 20.1 Å². The highest BCUT2D eigenvalue weighted by Gasteiger charge is 2.38. The molecule has 0 unspecified atom stereocenters. The summed E-state index contributed by atoms with van der Waals surface area (Å²) in [5.41, 5.74) is 0.759. The molecule has 3 rings (SSSR count). The predicted molar refractivity (Wildman–Crippen MR) is 70.9 cm³/mol. The first-order chi connectivity index (χ1) is 8.65. The minimum atomic E-state index is 0.398. The highest BCUT2D eigenvalue weighted by molar-refractivity contribution is 6.29. The number of fused-ring (bicyclic) bond motifs is 1. The molecule has 3 heterocycles. The lowest BCUT2D eigenvalue weighted by molar-refractivity contribution is 0.207. The van der Waals surface area contributed by atoms with Crippen LogP contribution in [0.25, 0.3) is 0 Å². The third kappa shape index (κ3) is 2.06. The van der Waals surface area contributed by atoms with E-state index in [-0.39, 0.29) is 0 Å². The molecule has 1 aromatic heterocycles. The molecule has 2 fully saturated rings. The Bertz CT molecular complexity index is 452. The molecule has 98 valence electrons. The predicted octanol–water partition coefficient (Wildman–Crippen LogP) is 1.36. The van der Waals surface area contributed by atoms with Crippen molar-refractivity contribution in [2.75, 3.05) is 31.6 Å². The number of aromatic nitrogens is 3. The summed E-state index contributed by atoms with van der Waals surface area (Å²) in [7, 11) is 2.18. The van der Waals surface area contributed by atoms with Crippen molar-refractivity contribution in [1.29, 1.82) is 0 Å². The maximum Gasteiger partial charge on any atom is 0.245 e. The molecule has 0 saturated carbocycles. The fraction of sp³-hybridized carbons (Fsp3) is 0.750. The molecule has 2 saturated heterocycles. The summed E-state index contributed by atoms with van der Waals surface area (Å²) in [5, 5.41) is 8.53. The molecule has 2 aliphatic heterocycles. The van der Waals surface area contributed by atoms with E-state index in [1.807, 2.05) is 6.92 Å². The number of aryl methyl sites for hydroxylation is 1. The van der Waals surface area contributed by atoms with E-state index in [2.05, 4.69) is 32.0 Å². The lowest BCUT2D eigenvalue weighted by atomic mass is 9.92. The van der Waals surface area contributed by atoms with Crippen LogP contribution < -0.4 is 4.90 Å². The zero-order chi connectivity index (χ0) is 12.7. The van der Waals surface area contributed by atoms with Gasteiger partial charge in [0.15, 0.2) is 5.15 Å². The van der Waals surface area contributed by atoms with Gasteiger partial charge in [-0.2, -0.15) is 0 Å². The van der Waals surface area contributed by atoms with Crippen molar-refractivity contribution in [3.63, 3.8) is 0 Å². The van der Waals surface area contributed by atoms with Gasteiger partial charge >= 0.3 is 0 Å². The fourth-order valence-electron chi connectivity index (χ4n) is 3.05. The molecule has 0 spiro atoms. The molecule has 0 bridgehead atoms. The summed E-state index contributed by atoms with van der Waals surface area (Å²) in [4.78, 5) is 9.16. The molecular formula is C12H18ClN5. The van der Waals surface area contributed by atoms with Crippen LogP contribution in [0, 0.1) is 12.8 Å². The molecule has 0 aliphatic carbocycles. The van der Waals surface area contributed by atoms with Crippen molar-refractivity contribution >= 4 is 17.5 Å². The normalized spacial score (nSPS) is 28.5. The molecule has 18 heavy (non-hydrogen) atoms. The largest absolute Gasteiger partial charge is 0.335 e. The molecule has 0 radical (unpaired) electrons. The van der Waals surface area contributed by atoms with Crippen LogP contribution in [0.4, 0.5) is 5.95 Å². The van der Waals surface area contributed by atoms with Crippen molar-refractivity contribution in [3.05, 3.63) is 10.8 Å². The smallest absolute Gasteiger partial charge is 0.245 e. The topological polar surface area (TPSA) is 45.2 Å². The van der Waals surface area contributed by atoms with E-state index < -0.39 is 0 Å². The third-order valence-corrected chi connectivity index (χ3v) is 4.47. The highest BCUT2D eigenvalue weighted by Crippen LogP contribution is 2.33. The molecule has 0 aromatic carbocycles. The monoisotopic (exact) mass is 267 g/mol. The second-order valence-electron chi connectivity index (χ2n) is 5.35. The molecule has 2 atom stereocenters. The number of anilines is 1. The molecular weight excluding hydrogens is 250 g/mol. The van der Waals surface area contributed by atoms with Crippen LogP contribution in [0.3, 0.4) is 0 Å². The standard InChI is InChI=1S/C12H18ClN5/c1-8-11(13)15-16-12(14-8)18-6-4-9-3-5-17(2)7-10(9)18/h9-10H,3-7H2,1-2H3/t9-,10-/m0/s1. The summed E-state index contributed by atoms with van der Waals surface area (Å²) in [5.74, 6) is 1.51. The number of hydrogen-bond acceptors (Lipinski definition) is 5. The van der Waals surface area contributed by atoms with Gasteiger partial charge in [-0.1, -0.05) is 11.6 Å². The van der Waals surface area contributed by atoms with Gasteiger partial charge in [-0.25, -0.2) is 4.98 Å². The summed E-state index contributed by atoms with van der Waals surface area (Å²) < 4.78 is 0. The van der Waals surface area contributed by atoms with Crippen LogP contribution in [0.15, 0.2) is 0 Å². The van der Waals surface area contributed by atoms with Crippen LogP contribution in [0.2, 0.25) is 5.15 Å². The first-order valence-electron chi connectivity index (χ1n) is 6.47. The summed E-state index contributed by atoms with van der Waals surface area (Å²) in [6, 6.07) is 0.533. The van der Waals surface area contributed by atoms with E-state index in [1.165, 1.54) is 19.4 Å². The zero-order valence-corrected chi connectivity index (χ0v) is 11.6. The van der Waals surface area contributed by atoms with Gasteiger partial charge in [0.2, 0.25) is 5.95 Å². The summed E-state index contributed by atoms with van der Waals surface area (Å²) >= 11 is 5.89. The van der Waals surface area contributed by atoms with Crippen molar-refractivity contribution in [3.8, 4) is 0 Å². The van der Waals surface area contributed by atoms with Gasteiger partial charge in [-0.05, 0) is 39.3 Å². The van der Waals surface area contributed by atoms with Gasteiger partial charge in [0.05, 0.1) is 5.69 Å². The Morgan fingerprint density at radius 1 is 1.22 bits per heavy atom. The number of likely N-dealkylation sites (N-methyl/N-ethyl adjacent to an activating group) is 1.